The smallest absolute Gasteiger partial charge is 0.262 e. The number of aromatic amines is 1. The Hall–Kier alpha value is -3.46. The monoisotopic (exact) mass is 423 g/mol. The molecule has 0 saturated carbocycles. The van der Waals surface area contributed by atoms with Crippen molar-refractivity contribution in [2.75, 3.05) is 0 Å². The molecule has 8 nitrogen and oxygen atoms in total. The first-order valence-electron chi connectivity index (χ1n) is 9.52. The van der Waals surface area contributed by atoms with Crippen LogP contribution >= 0.6 is 11.3 Å². The summed E-state index contributed by atoms with van der Waals surface area (Å²) in [6.07, 6.45) is 3.43. The summed E-state index contributed by atoms with van der Waals surface area (Å²) in [4.78, 5) is 46.1. The summed E-state index contributed by atoms with van der Waals surface area (Å²) in [5.41, 5.74) is 7.41. The lowest BCUT2D eigenvalue weighted by Crippen LogP contribution is -2.42. The molecule has 0 unspecified atom stereocenters. The van der Waals surface area contributed by atoms with Crippen LogP contribution in [-0.2, 0) is 22.6 Å². The van der Waals surface area contributed by atoms with E-state index in [0.717, 1.165) is 26.9 Å². The number of benzene rings is 1. The molecule has 3 N–H and O–H groups in total. The van der Waals surface area contributed by atoms with Gasteiger partial charge < -0.3 is 4.98 Å². The third-order valence-corrected chi connectivity index (χ3v) is 6.22. The molecule has 4 rings (SSSR count). The first-order chi connectivity index (χ1) is 14.4. The number of aromatic nitrogens is 3. The van der Waals surface area contributed by atoms with E-state index in [1.165, 1.54) is 22.2 Å². The second-order valence-corrected chi connectivity index (χ2v) is 8.29. The molecule has 154 valence electrons. The van der Waals surface area contributed by atoms with Crippen molar-refractivity contribution in [2.45, 2.75) is 33.2 Å². The molecule has 0 aliphatic carbocycles. The van der Waals surface area contributed by atoms with Crippen molar-refractivity contribution in [3.63, 3.8) is 0 Å². The number of hydrogen-bond acceptors (Lipinski definition) is 5. The Balaban J connectivity index is 1.32. The summed E-state index contributed by atoms with van der Waals surface area (Å²) in [6, 6.07) is 7.70. The molecule has 0 fully saturated rings. The number of nitrogens with one attached hydrogen (secondary N) is 3. The molecule has 0 aliphatic heterocycles. The minimum Gasteiger partial charge on any atom is -0.361 e. The molecule has 30 heavy (non-hydrogen) atoms. The Bertz CT molecular complexity index is 1320. The van der Waals surface area contributed by atoms with Crippen LogP contribution in [0.2, 0.25) is 0 Å². The van der Waals surface area contributed by atoms with Gasteiger partial charge in [-0.25, -0.2) is 4.98 Å². The number of H-pyrrole nitrogens is 1. The van der Waals surface area contributed by atoms with Gasteiger partial charge in [-0.1, -0.05) is 18.2 Å². The third kappa shape index (κ3) is 3.84. The van der Waals surface area contributed by atoms with Gasteiger partial charge in [0.2, 0.25) is 11.8 Å². The van der Waals surface area contributed by atoms with Crippen LogP contribution in [-0.4, -0.2) is 26.3 Å². The van der Waals surface area contributed by atoms with E-state index in [9.17, 15) is 14.4 Å². The molecule has 0 atom stereocenters. The van der Waals surface area contributed by atoms with E-state index in [4.69, 9.17) is 0 Å². The Kier molecular flexibility index (Phi) is 5.37. The van der Waals surface area contributed by atoms with Crippen molar-refractivity contribution in [2.24, 2.45) is 0 Å². The predicted octanol–water partition coefficient (Wildman–Crippen LogP) is 2.34. The molecule has 0 aliphatic rings. The zero-order valence-corrected chi connectivity index (χ0v) is 17.4. The normalized spacial score (nSPS) is 11.1. The predicted molar refractivity (Wildman–Crippen MR) is 116 cm³/mol. The lowest BCUT2D eigenvalue weighted by atomic mass is 10.1. The van der Waals surface area contributed by atoms with Crippen LogP contribution in [0.4, 0.5) is 0 Å². The number of hydrogen-bond donors (Lipinski definition) is 3. The molecular weight excluding hydrogens is 402 g/mol. The molecule has 0 bridgehead atoms. The summed E-state index contributed by atoms with van der Waals surface area (Å²) in [5, 5.41) is 1.58. The number of nitrogens with zero attached hydrogens (tertiary/aromatic N) is 2. The van der Waals surface area contributed by atoms with Crippen molar-refractivity contribution in [3.05, 3.63) is 63.1 Å². The van der Waals surface area contributed by atoms with Crippen LogP contribution in [0.5, 0.6) is 0 Å². The van der Waals surface area contributed by atoms with E-state index in [-0.39, 0.29) is 36.8 Å². The molecule has 3 heterocycles. The Morgan fingerprint density at radius 3 is 2.77 bits per heavy atom. The standard InChI is InChI=1S/C21H21N5O3S/c1-12-13(2)30-20-19(12)21(29)26(11-23-20)8-7-17(27)24-25-18(28)9-14-10-22-16-6-4-3-5-15(14)16/h3-6,10-11,22H,7-9H2,1-2H3,(H,24,27)(H,25,28). The fourth-order valence-corrected chi connectivity index (χ4v) is 4.34. The van der Waals surface area contributed by atoms with Crippen molar-refractivity contribution in [3.8, 4) is 0 Å². The minimum absolute atomic E-state index is 0.0443. The highest BCUT2D eigenvalue weighted by Gasteiger charge is 2.13. The van der Waals surface area contributed by atoms with Gasteiger partial charge in [0.25, 0.3) is 5.56 Å². The SMILES string of the molecule is Cc1sc2ncn(CCC(=O)NNC(=O)Cc3c[nH]c4ccccc34)c(=O)c2c1C. The van der Waals surface area contributed by atoms with E-state index in [2.05, 4.69) is 20.8 Å². The van der Waals surface area contributed by atoms with Gasteiger partial charge in [0.1, 0.15) is 4.83 Å². The number of carbonyl (C=O) groups excluding carboxylic acids is 2. The number of amides is 2. The summed E-state index contributed by atoms with van der Waals surface area (Å²) < 4.78 is 1.43. The first-order valence-corrected chi connectivity index (χ1v) is 10.3. The average Bonchev–Trinajstić information content (AvgIpc) is 3.27. The topological polar surface area (TPSA) is 109 Å². The van der Waals surface area contributed by atoms with E-state index in [1.807, 2.05) is 38.1 Å². The number of rotatable bonds is 5. The van der Waals surface area contributed by atoms with E-state index >= 15 is 0 Å². The lowest BCUT2D eigenvalue weighted by Gasteiger charge is -2.08. The molecule has 3 aromatic heterocycles. The number of fused-ring (bicyclic) bond motifs is 2. The van der Waals surface area contributed by atoms with E-state index in [1.54, 1.807) is 6.20 Å². The van der Waals surface area contributed by atoms with E-state index in [0.29, 0.717) is 10.2 Å². The quantitative estimate of drug-likeness (QED) is 0.428. The molecule has 4 aromatic rings. The van der Waals surface area contributed by atoms with Gasteiger partial charge >= 0.3 is 0 Å². The van der Waals surface area contributed by atoms with Crippen LogP contribution in [0.1, 0.15) is 22.4 Å². The van der Waals surface area contributed by atoms with Crippen molar-refractivity contribution in [1.82, 2.24) is 25.4 Å². The van der Waals surface area contributed by atoms with Gasteiger partial charge in [-0.2, -0.15) is 0 Å². The van der Waals surface area contributed by atoms with Crippen molar-refractivity contribution >= 4 is 44.3 Å². The summed E-state index contributed by atoms with van der Waals surface area (Å²) >= 11 is 1.49. The van der Waals surface area contributed by atoms with Crippen LogP contribution in [0.25, 0.3) is 21.1 Å². The van der Waals surface area contributed by atoms with Gasteiger partial charge in [0.15, 0.2) is 0 Å². The van der Waals surface area contributed by atoms with E-state index < -0.39 is 0 Å². The summed E-state index contributed by atoms with van der Waals surface area (Å²) in [6.45, 7) is 4.04. The van der Waals surface area contributed by atoms with Crippen LogP contribution in [0, 0.1) is 13.8 Å². The summed E-state index contributed by atoms with van der Waals surface area (Å²) in [5.74, 6) is -0.703. The third-order valence-electron chi connectivity index (χ3n) is 5.10. The van der Waals surface area contributed by atoms with Crippen LogP contribution in [0.15, 0.2) is 41.6 Å². The van der Waals surface area contributed by atoms with Gasteiger partial charge in [-0.3, -0.25) is 29.8 Å². The number of aryl methyl sites for hydroxylation is 3. The van der Waals surface area contributed by atoms with Crippen molar-refractivity contribution in [1.29, 1.82) is 0 Å². The highest BCUT2D eigenvalue weighted by Crippen LogP contribution is 2.25. The Morgan fingerprint density at radius 1 is 1.17 bits per heavy atom. The molecule has 0 saturated heterocycles. The van der Waals surface area contributed by atoms with Gasteiger partial charge in [0.05, 0.1) is 18.1 Å². The molecule has 9 heteroatoms. The number of carbonyl (C=O) groups is 2. The van der Waals surface area contributed by atoms with Gasteiger partial charge in [-0.15, -0.1) is 11.3 Å². The maximum atomic E-state index is 12.7. The Morgan fingerprint density at radius 2 is 1.93 bits per heavy atom. The van der Waals surface area contributed by atoms with Gasteiger partial charge in [-0.05, 0) is 31.0 Å². The Labute approximate surface area is 175 Å². The highest BCUT2D eigenvalue weighted by atomic mass is 32.1. The maximum Gasteiger partial charge on any atom is 0.262 e. The zero-order chi connectivity index (χ0) is 21.3. The second kappa shape index (κ2) is 8.11. The molecule has 2 amide bonds. The van der Waals surface area contributed by atoms with Crippen molar-refractivity contribution < 1.29 is 9.59 Å². The molecule has 1 aromatic carbocycles. The second-order valence-electron chi connectivity index (χ2n) is 7.09. The highest BCUT2D eigenvalue weighted by molar-refractivity contribution is 7.18. The number of hydrazine groups is 1. The largest absolute Gasteiger partial charge is 0.361 e. The first kappa shape index (κ1) is 19.8. The molecular formula is C21H21N5O3S. The maximum absolute atomic E-state index is 12.7. The van der Waals surface area contributed by atoms with Crippen LogP contribution < -0.4 is 16.4 Å². The number of thiophene rings is 1. The average molecular weight is 423 g/mol. The number of para-hydroxylation sites is 1. The van der Waals surface area contributed by atoms with Crippen LogP contribution in [0.3, 0.4) is 0 Å². The molecule has 0 spiro atoms. The fraction of sp³-hybridized carbons (Fsp3) is 0.238. The fourth-order valence-electron chi connectivity index (χ4n) is 3.35. The minimum atomic E-state index is -0.382. The lowest BCUT2D eigenvalue weighted by molar-refractivity contribution is -0.128. The zero-order valence-electron chi connectivity index (χ0n) is 16.6. The molecule has 0 radical (unpaired) electrons. The van der Waals surface area contributed by atoms with Gasteiger partial charge in [0, 0.05) is 34.9 Å². The summed E-state index contributed by atoms with van der Waals surface area (Å²) in [7, 11) is 0.